The molecule has 1 saturated heterocycles. The predicted molar refractivity (Wildman–Crippen MR) is 150 cm³/mol. The Morgan fingerprint density at radius 2 is 1.76 bits per heavy atom. The lowest BCUT2D eigenvalue weighted by Gasteiger charge is -2.33. The molecule has 7 heteroatoms. The highest BCUT2D eigenvalue weighted by Gasteiger charge is 2.37. The van der Waals surface area contributed by atoms with Crippen molar-refractivity contribution in [1.82, 2.24) is 15.0 Å². The number of hydrazone groups is 1. The number of ether oxygens (including phenoxy) is 1. The number of imidazole rings is 1. The van der Waals surface area contributed by atoms with Crippen molar-refractivity contribution in [1.29, 1.82) is 0 Å². The molecule has 3 aromatic rings. The van der Waals surface area contributed by atoms with Crippen LogP contribution in [0, 0.1) is 12.8 Å². The Bertz CT molecular complexity index is 1270. The van der Waals surface area contributed by atoms with Crippen LogP contribution in [0.2, 0.25) is 0 Å². The summed E-state index contributed by atoms with van der Waals surface area (Å²) in [6.45, 7) is 3.43. The molecule has 6 rings (SSSR count). The fraction of sp³-hybridized carbons (Fsp3) is 0.452. The summed E-state index contributed by atoms with van der Waals surface area (Å²) in [5.74, 6) is 1.37. The van der Waals surface area contributed by atoms with Crippen LogP contribution < -0.4 is 4.90 Å². The maximum Gasteiger partial charge on any atom is 0.349 e. The number of aromatic amines is 1. The zero-order chi connectivity index (χ0) is 25.9. The van der Waals surface area contributed by atoms with E-state index in [2.05, 4.69) is 59.4 Å². The summed E-state index contributed by atoms with van der Waals surface area (Å²) in [7, 11) is 0. The quantitative estimate of drug-likeness (QED) is 0.408. The second kappa shape index (κ2) is 11.1. The number of aryl methyl sites for hydroxylation is 3. The third-order valence-corrected chi connectivity index (χ3v) is 8.20. The Labute approximate surface area is 224 Å². The Hall–Kier alpha value is -3.45. The molecule has 0 unspecified atom stereocenters. The van der Waals surface area contributed by atoms with Crippen molar-refractivity contribution in [2.75, 3.05) is 18.1 Å². The van der Waals surface area contributed by atoms with E-state index in [4.69, 9.17) is 9.84 Å². The van der Waals surface area contributed by atoms with Crippen LogP contribution in [0.25, 0.3) is 0 Å². The summed E-state index contributed by atoms with van der Waals surface area (Å²) >= 11 is 0. The highest BCUT2D eigenvalue weighted by Crippen LogP contribution is 2.39. The summed E-state index contributed by atoms with van der Waals surface area (Å²) in [5, 5.41) is 7.02. The van der Waals surface area contributed by atoms with Gasteiger partial charge >= 0.3 is 6.03 Å². The smallest absolute Gasteiger partial charge is 0.349 e. The number of aromatic nitrogens is 2. The molecule has 3 heterocycles. The van der Waals surface area contributed by atoms with Gasteiger partial charge in [-0.3, -0.25) is 4.90 Å². The number of hydrogen-bond donors (Lipinski definition) is 1. The van der Waals surface area contributed by atoms with Crippen molar-refractivity contribution in [3.63, 3.8) is 0 Å². The molecular weight excluding hydrogens is 474 g/mol. The van der Waals surface area contributed by atoms with E-state index in [-0.39, 0.29) is 12.1 Å². The maximum atomic E-state index is 14.4. The van der Waals surface area contributed by atoms with E-state index in [0.29, 0.717) is 19.1 Å². The van der Waals surface area contributed by atoms with Crippen LogP contribution in [0.1, 0.15) is 67.5 Å². The first-order valence-electron chi connectivity index (χ1n) is 14.1. The number of carbonyl (C=O) groups excluding carboxylic acids is 1. The van der Waals surface area contributed by atoms with Crippen LogP contribution >= 0.6 is 0 Å². The van der Waals surface area contributed by atoms with Gasteiger partial charge in [-0.1, -0.05) is 43.5 Å². The van der Waals surface area contributed by atoms with Crippen LogP contribution in [-0.4, -0.2) is 46.0 Å². The standard InChI is InChI=1S/C31H37N5O2/c1-22-7-13-27-28(21-22)35(25-11-8-23(9-12-25)10-14-29-32-17-18-33-29)31(37)36(26-15-19-38-20-16-26)34-30(27)24-5-3-2-4-6-24/h7-9,11-13,17-18,21,24,26H,2-6,10,14-16,19-20H2,1H3,(H,32,33). The van der Waals surface area contributed by atoms with Gasteiger partial charge in [0.15, 0.2) is 0 Å². The Kier molecular flexibility index (Phi) is 7.27. The molecule has 1 N–H and O–H groups in total. The fourth-order valence-corrected chi connectivity index (χ4v) is 6.07. The number of carbonyl (C=O) groups is 1. The van der Waals surface area contributed by atoms with Gasteiger partial charge in [-0.15, -0.1) is 0 Å². The minimum atomic E-state index is -0.0714. The van der Waals surface area contributed by atoms with E-state index in [1.807, 2.05) is 11.1 Å². The van der Waals surface area contributed by atoms with Crippen LogP contribution in [0.4, 0.5) is 16.2 Å². The van der Waals surface area contributed by atoms with Crippen LogP contribution in [-0.2, 0) is 17.6 Å². The monoisotopic (exact) mass is 511 g/mol. The Balaban J connectivity index is 1.39. The van der Waals surface area contributed by atoms with Crippen LogP contribution in [0.3, 0.4) is 0 Å². The zero-order valence-corrected chi connectivity index (χ0v) is 22.2. The maximum absolute atomic E-state index is 14.4. The van der Waals surface area contributed by atoms with E-state index >= 15 is 0 Å². The Morgan fingerprint density at radius 1 is 0.974 bits per heavy atom. The number of hydrogen-bond acceptors (Lipinski definition) is 4. The van der Waals surface area contributed by atoms with E-state index in [1.54, 1.807) is 11.2 Å². The number of fused-ring (bicyclic) bond motifs is 1. The first-order chi connectivity index (χ1) is 18.7. The third kappa shape index (κ3) is 5.12. The SMILES string of the molecule is Cc1ccc2c(c1)N(c1ccc(CCc3ncc[nH]3)cc1)C(=O)N(C1CCOCC1)N=C2C1CCCCC1. The lowest BCUT2D eigenvalue weighted by Crippen LogP contribution is -2.45. The van der Waals surface area contributed by atoms with Gasteiger partial charge in [-0.25, -0.2) is 14.8 Å². The molecule has 38 heavy (non-hydrogen) atoms. The van der Waals surface area contributed by atoms with Crippen LogP contribution in [0.15, 0.2) is 60.0 Å². The number of nitrogens with zero attached hydrogens (tertiary/aromatic N) is 4. The van der Waals surface area contributed by atoms with Gasteiger partial charge in [0, 0.05) is 43.5 Å². The number of amides is 2. The van der Waals surface area contributed by atoms with E-state index in [0.717, 1.165) is 72.6 Å². The number of H-pyrrole nitrogens is 1. The second-order valence-corrected chi connectivity index (χ2v) is 10.8. The first-order valence-corrected chi connectivity index (χ1v) is 14.1. The molecule has 1 aromatic heterocycles. The highest BCUT2D eigenvalue weighted by molar-refractivity contribution is 6.14. The van der Waals surface area contributed by atoms with Crippen molar-refractivity contribution >= 4 is 23.1 Å². The molecule has 3 aliphatic rings. The summed E-state index contributed by atoms with van der Waals surface area (Å²) in [4.78, 5) is 23.8. The van der Waals surface area contributed by atoms with Gasteiger partial charge in [0.05, 0.1) is 23.1 Å². The number of rotatable bonds is 6. The normalized spacial score (nSPS) is 19.3. The summed E-state index contributed by atoms with van der Waals surface area (Å²) in [5.41, 5.74) is 6.35. The molecule has 0 radical (unpaired) electrons. The number of nitrogens with one attached hydrogen (secondary N) is 1. The molecule has 0 spiro atoms. The molecule has 2 amide bonds. The summed E-state index contributed by atoms with van der Waals surface area (Å²) in [6, 6.07) is 14.9. The van der Waals surface area contributed by atoms with Gasteiger partial charge in [0.2, 0.25) is 0 Å². The lowest BCUT2D eigenvalue weighted by atomic mass is 9.82. The van der Waals surface area contributed by atoms with Gasteiger partial charge in [0.25, 0.3) is 0 Å². The van der Waals surface area contributed by atoms with Crippen molar-refractivity contribution < 1.29 is 9.53 Å². The molecule has 2 aliphatic heterocycles. The largest absolute Gasteiger partial charge is 0.381 e. The number of urea groups is 1. The average molecular weight is 512 g/mol. The van der Waals surface area contributed by atoms with Crippen LogP contribution in [0.5, 0.6) is 0 Å². The molecule has 0 bridgehead atoms. The van der Waals surface area contributed by atoms with E-state index in [1.165, 1.54) is 24.8 Å². The minimum absolute atomic E-state index is 0.0420. The number of anilines is 2. The molecule has 1 aliphatic carbocycles. The fourth-order valence-electron chi connectivity index (χ4n) is 6.07. The molecule has 1 saturated carbocycles. The molecule has 198 valence electrons. The zero-order valence-electron chi connectivity index (χ0n) is 22.2. The highest BCUT2D eigenvalue weighted by atomic mass is 16.5. The molecular formula is C31H37N5O2. The molecule has 2 aromatic carbocycles. The first kappa shape index (κ1) is 24.9. The summed E-state index contributed by atoms with van der Waals surface area (Å²) < 4.78 is 5.65. The van der Waals surface area contributed by atoms with Gasteiger partial charge in [0.1, 0.15) is 5.82 Å². The molecule has 7 nitrogen and oxygen atoms in total. The van der Waals surface area contributed by atoms with Crippen molar-refractivity contribution in [2.24, 2.45) is 11.0 Å². The van der Waals surface area contributed by atoms with Gasteiger partial charge in [-0.2, -0.15) is 5.10 Å². The Morgan fingerprint density at radius 3 is 2.50 bits per heavy atom. The van der Waals surface area contributed by atoms with Crippen molar-refractivity contribution in [3.05, 3.63) is 77.4 Å². The minimum Gasteiger partial charge on any atom is -0.381 e. The third-order valence-electron chi connectivity index (χ3n) is 8.20. The number of benzene rings is 2. The topological polar surface area (TPSA) is 73.8 Å². The van der Waals surface area contributed by atoms with Gasteiger partial charge in [-0.05, 0) is 68.4 Å². The van der Waals surface area contributed by atoms with Crippen molar-refractivity contribution in [2.45, 2.75) is 70.8 Å². The predicted octanol–water partition coefficient (Wildman–Crippen LogP) is 6.54. The molecule has 0 atom stereocenters. The average Bonchev–Trinajstić information content (AvgIpc) is 3.45. The van der Waals surface area contributed by atoms with E-state index in [9.17, 15) is 4.79 Å². The van der Waals surface area contributed by atoms with Crippen molar-refractivity contribution in [3.8, 4) is 0 Å². The lowest BCUT2D eigenvalue weighted by molar-refractivity contribution is 0.0480. The van der Waals surface area contributed by atoms with Gasteiger partial charge < -0.3 is 9.72 Å². The summed E-state index contributed by atoms with van der Waals surface area (Å²) in [6.07, 6.45) is 13.0. The van der Waals surface area contributed by atoms with E-state index < -0.39 is 0 Å². The second-order valence-electron chi connectivity index (χ2n) is 10.8. The molecule has 2 fully saturated rings.